The van der Waals surface area contributed by atoms with Gasteiger partial charge in [0.1, 0.15) is 0 Å². The molecule has 0 unspecified atom stereocenters. The van der Waals surface area contributed by atoms with E-state index in [4.69, 9.17) is 0 Å². The fraction of sp³-hybridized carbons (Fsp3) is 0.529. The van der Waals surface area contributed by atoms with Crippen molar-refractivity contribution in [3.63, 3.8) is 0 Å². The van der Waals surface area contributed by atoms with Crippen LogP contribution in [0.2, 0.25) is 0 Å². The van der Waals surface area contributed by atoms with Crippen LogP contribution >= 0.6 is 0 Å². The highest BCUT2D eigenvalue weighted by molar-refractivity contribution is 6.01. The standard InChI is InChI=1S/C17H25N3O2/c1-12-7-5-6-8-13(12)15(17(2,3)4)18-9-10-20-14(21)11-19-16(20)22/h5-8,15,18H,9-11H2,1-4H3,(H,19,22)/t15-/m1/s1. The Kier molecular flexibility index (Phi) is 4.86. The molecule has 1 atom stereocenters. The zero-order chi connectivity index (χ0) is 16.3. The van der Waals surface area contributed by atoms with Crippen LogP contribution in [0.1, 0.15) is 37.9 Å². The van der Waals surface area contributed by atoms with Gasteiger partial charge in [-0.05, 0) is 23.5 Å². The van der Waals surface area contributed by atoms with E-state index in [2.05, 4.69) is 50.5 Å². The molecule has 1 aliphatic heterocycles. The summed E-state index contributed by atoms with van der Waals surface area (Å²) in [5.74, 6) is -0.157. The molecule has 0 aromatic heterocycles. The van der Waals surface area contributed by atoms with Gasteiger partial charge in [-0.15, -0.1) is 0 Å². The summed E-state index contributed by atoms with van der Waals surface area (Å²) in [6.07, 6.45) is 0. The summed E-state index contributed by atoms with van der Waals surface area (Å²) >= 11 is 0. The summed E-state index contributed by atoms with van der Waals surface area (Å²) in [4.78, 5) is 24.4. The van der Waals surface area contributed by atoms with Crippen molar-refractivity contribution in [2.45, 2.75) is 33.7 Å². The molecule has 0 radical (unpaired) electrons. The van der Waals surface area contributed by atoms with Crippen LogP contribution in [0.4, 0.5) is 4.79 Å². The van der Waals surface area contributed by atoms with E-state index in [9.17, 15) is 9.59 Å². The number of urea groups is 1. The zero-order valence-corrected chi connectivity index (χ0v) is 13.8. The van der Waals surface area contributed by atoms with Crippen LogP contribution in [0.15, 0.2) is 24.3 Å². The van der Waals surface area contributed by atoms with Crippen LogP contribution in [-0.2, 0) is 4.79 Å². The normalized spacial score (nSPS) is 16.8. The predicted molar refractivity (Wildman–Crippen MR) is 86.5 cm³/mol. The molecule has 1 aliphatic rings. The number of carbonyl (C=O) groups excluding carboxylic acids is 2. The molecule has 1 aromatic carbocycles. The largest absolute Gasteiger partial charge is 0.329 e. The maximum Gasteiger partial charge on any atom is 0.324 e. The molecule has 1 heterocycles. The summed E-state index contributed by atoms with van der Waals surface area (Å²) in [7, 11) is 0. The van der Waals surface area contributed by atoms with Crippen molar-refractivity contribution in [2.24, 2.45) is 5.41 Å². The fourth-order valence-corrected chi connectivity index (χ4v) is 2.80. The van der Waals surface area contributed by atoms with E-state index in [0.717, 1.165) is 0 Å². The Morgan fingerprint density at radius 1 is 1.27 bits per heavy atom. The Morgan fingerprint density at radius 2 is 1.95 bits per heavy atom. The van der Waals surface area contributed by atoms with Crippen molar-refractivity contribution in [1.29, 1.82) is 0 Å². The lowest BCUT2D eigenvalue weighted by atomic mass is 9.81. The first-order valence-corrected chi connectivity index (χ1v) is 7.68. The maximum absolute atomic E-state index is 11.6. The van der Waals surface area contributed by atoms with Gasteiger partial charge in [-0.3, -0.25) is 9.69 Å². The zero-order valence-electron chi connectivity index (χ0n) is 13.8. The lowest BCUT2D eigenvalue weighted by Crippen LogP contribution is -2.40. The Balaban J connectivity index is 2.04. The first kappa shape index (κ1) is 16.5. The first-order chi connectivity index (χ1) is 10.3. The highest BCUT2D eigenvalue weighted by atomic mass is 16.2. The SMILES string of the molecule is Cc1ccccc1[C@@H](NCCN1C(=O)CNC1=O)C(C)(C)C. The van der Waals surface area contributed by atoms with Gasteiger partial charge in [0.2, 0.25) is 5.91 Å². The number of benzene rings is 1. The van der Waals surface area contributed by atoms with E-state index in [1.54, 1.807) is 0 Å². The number of carbonyl (C=O) groups is 2. The smallest absolute Gasteiger partial charge is 0.324 e. The quantitative estimate of drug-likeness (QED) is 0.820. The maximum atomic E-state index is 11.6. The lowest BCUT2D eigenvalue weighted by Gasteiger charge is -2.33. The minimum atomic E-state index is -0.296. The second-order valence-electron chi connectivity index (χ2n) is 6.81. The van der Waals surface area contributed by atoms with Crippen molar-refractivity contribution in [3.05, 3.63) is 35.4 Å². The van der Waals surface area contributed by atoms with Crippen LogP contribution in [0.25, 0.3) is 0 Å². The first-order valence-electron chi connectivity index (χ1n) is 7.68. The molecule has 22 heavy (non-hydrogen) atoms. The molecule has 120 valence electrons. The van der Waals surface area contributed by atoms with Gasteiger partial charge in [0, 0.05) is 19.1 Å². The third kappa shape index (κ3) is 3.65. The van der Waals surface area contributed by atoms with Gasteiger partial charge in [0.25, 0.3) is 0 Å². The Morgan fingerprint density at radius 3 is 2.50 bits per heavy atom. The van der Waals surface area contributed by atoms with Crippen LogP contribution in [0.3, 0.4) is 0 Å². The van der Waals surface area contributed by atoms with Gasteiger partial charge in [0.05, 0.1) is 6.54 Å². The topological polar surface area (TPSA) is 61.4 Å². The molecular weight excluding hydrogens is 278 g/mol. The third-order valence-electron chi connectivity index (χ3n) is 3.99. The minimum Gasteiger partial charge on any atom is -0.329 e. The lowest BCUT2D eigenvalue weighted by molar-refractivity contribution is -0.124. The van der Waals surface area contributed by atoms with Gasteiger partial charge >= 0.3 is 6.03 Å². The van der Waals surface area contributed by atoms with Gasteiger partial charge in [-0.1, -0.05) is 45.0 Å². The molecule has 0 spiro atoms. The van der Waals surface area contributed by atoms with E-state index in [0.29, 0.717) is 13.1 Å². The number of rotatable bonds is 5. The molecule has 0 aliphatic carbocycles. The minimum absolute atomic E-state index is 0.0311. The van der Waals surface area contributed by atoms with Crippen molar-refractivity contribution in [2.75, 3.05) is 19.6 Å². The molecular formula is C17H25N3O2. The number of aryl methyl sites for hydroxylation is 1. The van der Waals surface area contributed by atoms with Gasteiger partial charge in [0.15, 0.2) is 0 Å². The van der Waals surface area contributed by atoms with Crippen LogP contribution in [0, 0.1) is 12.3 Å². The Hall–Kier alpha value is -1.88. The molecule has 5 nitrogen and oxygen atoms in total. The van der Waals surface area contributed by atoms with Crippen molar-refractivity contribution < 1.29 is 9.59 Å². The summed E-state index contributed by atoms with van der Waals surface area (Å²) in [6, 6.07) is 8.18. The van der Waals surface area contributed by atoms with Crippen LogP contribution in [-0.4, -0.2) is 36.5 Å². The molecule has 2 N–H and O–H groups in total. The average Bonchev–Trinajstić information content (AvgIpc) is 2.75. The van der Waals surface area contributed by atoms with Gasteiger partial charge in [-0.25, -0.2) is 4.79 Å². The van der Waals surface area contributed by atoms with Crippen molar-refractivity contribution >= 4 is 11.9 Å². The van der Waals surface area contributed by atoms with Crippen molar-refractivity contribution in [1.82, 2.24) is 15.5 Å². The molecule has 3 amide bonds. The molecule has 2 rings (SSSR count). The highest BCUT2D eigenvalue weighted by Gasteiger charge is 2.30. The van der Waals surface area contributed by atoms with Crippen LogP contribution < -0.4 is 10.6 Å². The van der Waals surface area contributed by atoms with E-state index < -0.39 is 0 Å². The van der Waals surface area contributed by atoms with E-state index >= 15 is 0 Å². The molecule has 1 aromatic rings. The van der Waals surface area contributed by atoms with Crippen molar-refractivity contribution in [3.8, 4) is 0 Å². The predicted octanol–water partition coefficient (Wildman–Crippen LogP) is 2.22. The highest BCUT2D eigenvalue weighted by Crippen LogP contribution is 2.34. The number of hydrogen-bond acceptors (Lipinski definition) is 3. The number of imide groups is 1. The summed E-state index contributed by atoms with van der Waals surface area (Å²) in [6.45, 7) is 9.74. The molecule has 1 fully saturated rings. The third-order valence-corrected chi connectivity index (χ3v) is 3.99. The van der Waals surface area contributed by atoms with Gasteiger partial charge < -0.3 is 10.6 Å². The fourth-order valence-electron chi connectivity index (χ4n) is 2.80. The van der Waals surface area contributed by atoms with E-state index in [1.807, 2.05) is 12.1 Å². The summed E-state index contributed by atoms with van der Waals surface area (Å²) < 4.78 is 0. The molecule has 0 saturated carbocycles. The number of amides is 3. The Bertz CT molecular complexity index is 547. The summed E-state index contributed by atoms with van der Waals surface area (Å²) in [5.41, 5.74) is 2.53. The molecule has 5 heteroatoms. The summed E-state index contributed by atoms with van der Waals surface area (Å²) in [5, 5.41) is 6.05. The second kappa shape index (κ2) is 6.48. The Labute approximate surface area is 132 Å². The van der Waals surface area contributed by atoms with E-state index in [1.165, 1.54) is 16.0 Å². The van der Waals surface area contributed by atoms with Crippen LogP contribution in [0.5, 0.6) is 0 Å². The number of nitrogens with one attached hydrogen (secondary N) is 2. The monoisotopic (exact) mass is 303 g/mol. The van der Waals surface area contributed by atoms with Gasteiger partial charge in [-0.2, -0.15) is 0 Å². The molecule has 0 bridgehead atoms. The number of hydrogen-bond donors (Lipinski definition) is 2. The average molecular weight is 303 g/mol. The molecule has 1 saturated heterocycles. The van der Waals surface area contributed by atoms with E-state index in [-0.39, 0.29) is 29.9 Å². The second-order valence-corrected chi connectivity index (χ2v) is 6.81. The number of nitrogens with zero attached hydrogens (tertiary/aromatic N) is 1.